The first-order chi connectivity index (χ1) is 8.58. The van der Waals surface area contributed by atoms with Crippen LogP contribution in [0.5, 0.6) is 5.75 Å². The number of nitrogens with zero attached hydrogens (tertiary/aromatic N) is 1. The van der Waals surface area contributed by atoms with E-state index in [1.54, 1.807) is 7.11 Å². The lowest BCUT2D eigenvalue weighted by Crippen LogP contribution is -2.44. The van der Waals surface area contributed by atoms with Crippen molar-refractivity contribution in [2.45, 2.75) is 39.5 Å². The molecule has 1 fully saturated rings. The fourth-order valence-electron chi connectivity index (χ4n) is 2.71. The SMILES string of the molecule is COc1ccc(CN2C[C@@H](C)O[C@H](C)C2)cc1C. The smallest absolute Gasteiger partial charge is 0.121 e. The van der Waals surface area contributed by atoms with Gasteiger partial charge in [0, 0.05) is 19.6 Å². The van der Waals surface area contributed by atoms with E-state index in [2.05, 4.69) is 43.9 Å². The van der Waals surface area contributed by atoms with Crippen molar-refractivity contribution in [3.05, 3.63) is 29.3 Å². The van der Waals surface area contributed by atoms with E-state index in [4.69, 9.17) is 9.47 Å². The molecule has 1 saturated heterocycles. The molecule has 3 heteroatoms. The van der Waals surface area contributed by atoms with Crippen LogP contribution in [0.1, 0.15) is 25.0 Å². The van der Waals surface area contributed by atoms with Crippen LogP contribution in [0.2, 0.25) is 0 Å². The molecule has 1 aliphatic heterocycles. The highest BCUT2D eigenvalue weighted by molar-refractivity contribution is 5.36. The number of methoxy groups -OCH3 is 1. The summed E-state index contributed by atoms with van der Waals surface area (Å²) < 4.78 is 11.0. The lowest BCUT2D eigenvalue weighted by Gasteiger charge is -2.35. The maximum atomic E-state index is 5.75. The van der Waals surface area contributed by atoms with Crippen LogP contribution in [0.25, 0.3) is 0 Å². The zero-order valence-electron chi connectivity index (χ0n) is 11.8. The number of benzene rings is 1. The number of hydrogen-bond donors (Lipinski definition) is 0. The van der Waals surface area contributed by atoms with Crippen molar-refractivity contribution < 1.29 is 9.47 Å². The summed E-state index contributed by atoms with van der Waals surface area (Å²) >= 11 is 0. The van der Waals surface area contributed by atoms with Gasteiger partial charge in [-0.05, 0) is 38.0 Å². The summed E-state index contributed by atoms with van der Waals surface area (Å²) in [5.74, 6) is 0.961. The average Bonchev–Trinajstić information content (AvgIpc) is 2.27. The molecule has 0 aliphatic carbocycles. The van der Waals surface area contributed by atoms with Gasteiger partial charge in [0.05, 0.1) is 19.3 Å². The van der Waals surface area contributed by atoms with Gasteiger partial charge in [0.1, 0.15) is 5.75 Å². The van der Waals surface area contributed by atoms with Gasteiger partial charge < -0.3 is 9.47 Å². The van der Waals surface area contributed by atoms with Gasteiger partial charge in [-0.15, -0.1) is 0 Å². The fraction of sp³-hybridized carbons (Fsp3) is 0.600. The van der Waals surface area contributed by atoms with Crippen molar-refractivity contribution in [3.8, 4) is 5.75 Å². The van der Waals surface area contributed by atoms with Crippen molar-refractivity contribution >= 4 is 0 Å². The number of rotatable bonds is 3. The van der Waals surface area contributed by atoms with Gasteiger partial charge in [0.25, 0.3) is 0 Å². The van der Waals surface area contributed by atoms with Crippen LogP contribution in [-0.4, -0.2) is 37.3 Å². The van der Waals surface area contributed by atoms with Gasteiger partial charge in [0.15, 0.2) is 0 Å². The minimum atomic E-state index is 0.327. The molecule has 3 nitrogen and oxygen atoms in total. The molecular formula is C15H23NO2. The van der Waals surface area contributed by atoms with Gasteiger partial charge in [0.2, 0.25) is 0 Å². The fourth-order valence-corrected chi connectivity index (χ4v) is 2.71. The van der Waals surface area contributed by atoms with E-state index in [9.17, 15) is 0 Å². The molecule has 2 atom stereocenters. The summed E-state index contributed by atoms with van der Waals surface area (Å²) in [5.41, 5.74) is 2.54. The van der Waals surface area contributed by atoms with E-state index in [0.29, 0.717) is 12.2 Å². The molecule has 0 amide bonds. The van der Waals surface area contributed by atoms with Crippen molar-refractivity contribution in [3.63, 3.8) is 0 Å². The van der Waals surface area contributed by atoms with E-state index < -0.39 is 0 Å². The molecule has 0 aromatic heterocycles. The predicted molar refractivity (Wildman–Crippen MR) is 73.0 cm³/mol. The molecular weight excluding hydrogens is 226 g/mol. The third kappa shape index (κ3) is 3.24. The summed E-state index contributed by atoms with van der Waals surface area (Å²) in [6, 6.07) is 6.41. The standard InChI is InChI=1S/C15H23NO2/c1-11-7-14(5-6-15(11)17-4)10-16-8-12(2)18-13(3)9-16/h5-7,12-13H,8-10H2,1-4H3/t12-,13-/m1/s1. The third-order valence-corrected chi connectivity index (χ3v) is 3.36. The summed E-state index contributed by atoms with van der Waals surface area (Å²) in [6.07, 6.45) is 0.654. The Morgan fingerprint density at radius 1 is 1.28 bits per heavy atom. The second kappa shape index (κ2) is 5.72. The van der Waals surface area contributed by atoms with E-state index in [1.165, 1.54) is 11.1 Å². The first-order valence-electron chi connectivity index (χ1n) is 6.60. The Morgan fingerprint density at radius 3 is 2.50 bits per heavy atom. The minimum Gasteiger partial charge on any atom is -0.496 e. The maximum Gasteiger partial charge on any atom is 0.121 e. The first-order valence-corrected chi connectivity index (χ1v) is 6.60. The van der Waals surface area contributed by atoms with Gasteiger partial charge in [-0.2, -0.15) is 0 Å². The Balaban J connectivity index is 2.02. The van der Waals surface area contributed by atoms with E-state index >= 15 is 0 Å². The van der Waals surface area contributed by atoms with Crippen LogP contribution in [0.3, 0.4) is 0 Å². The zero-order chi connectivity index (χ0) is 13.1. The monoisotopic (exact) mass is 249 g/mol. The molecule has 2 rings (SSSR count). The Morgan fingerprint density at radius 2 is 1.94 bits per heavy atom. The van der Waals surface area contributed by atoms with Crippen LogP contribution in [0.4, 0.5) is 0 Å². The maximum absolute atomic E-state index is 5.75. The van der Waals surface area contributed by atoms with Gasteiger partial charge in [-0.3, -0.25) is 4.90 Å². The minimum absolute atomic E-state index is 0.327. The molecule has 18 heavy (non-hydrogen) atoms. The quantitative estimate of drug-likeness (QED) is 0.822. The highest BCUT2D eigenvalue weighted by Gasteiger charge is 2.22. The molecule has 0 N–H and O–H groups in total. The molecule has 1 aromatic carbocycles. The zero-order valence-corrected chi connectivity index (χ0v) is 11.8. The van der Waals surface area contributed by atoms with Crippen LogP contribution < -0.4 is 4.74 Å². The van der Waals surface area contributed by atoms with Crippen LogP contribution in [-0.2, 0) is 11.3 Å². The average molecular weight is 249 g/mol. The van der Waals surface area contributed by atoms with Crippen LogP contribution >= 0.6 is 0 Å². The van der Waals surface area contributed by atoms with E-state index in [-0.39, 0.29) is 0 Å². The molecule has 0 radical (unpaired) electrons. The summed E-state index contributed by atoms with van der Waals surface area (Å²) in [7, 11) is 1.72. The predicted octanol–water partition coefficient (Wildman–Crippen LogP) is 2.61. The highest BCUT2D eigenvalue weighted by atomic mass is 16.5. The molecule has 1 aromatic rings. The van der Waals surface area contributed by atoms with Gasteiger partial charge >= 0.3 is 0 Å². The third-order valence-electron chi connectivity index (χ3n) is 3.36. The molecule has 0 spiro atoms. The lowest BCUT2D eigenvalue weighted by atomic mass is 10.1. The number of ether oxygens (including phenoxy) is 2. The molecule has 100 valence electrons. The lowest BCUT2D eigenvalue weighted by molar-refractivity contribution is -0.0704. The molecule has 0 saturated carbocycles. The second-order valence-corrected chi connectivity index (χ2v) is 5.26. The molecule has 1 aliphatic rings. The summed E-state index contributed by atoms with van der Waals surface area (Å²) in [5, 5.41) is 0. The highest BCUT2D eigenvalue weighted by Crippen LogP contribution is 2.20. The molecule has 0 bridgehead atoms. The second-order valence-electron chi connectivity index (χ2n) is 5.26. The van der Waals surface area contributed by atoms with Gasteiger partial charge in [-0.1, -0.05) is 12.1 Å². The normalized spacial score (nSPS) is 25.1. The number of morpholine rings is 1. The van der Waals surface area contributed by atoms with Crippen molar-refractivity contribution in [2.75, 3.05) is 20.2 Å². The molecule has 1 heterocycles. The van der Waals surface area contributed by atoms with Crippen molar-refractivity contribution in [1.29, 1.82) is 0 Å². The Labute approximate surface area is 110 Å². The van der Waals surface area contributed by atoms with Crippen LogP contribution in [0, 0.1) is 6.92 Å². The van der Waals surface area contributed by atoms with Crippen LogP contribution in [0.15, 0.2) is 18.2 Å². The van der Waals surface area contributed by atoms with Gasteiger partial charge in [-0.25, -0.2) is 0 Å². The van der Waals surface area contributed by atoms with E-state index in [1.807, 2.05) is 0 Å². The molecule has 0 unspecified atom stereocenters. The largest absolute Gasteiger partial charge is 0.496 e. The first kappa shape index (κ1) is 13.4. The number of aryl methyl sites for hydroxylation is 1. The topological polar surface area (TPSA) is 21.7 Å². The Hall–Kier alpha value is -1.06. The van der Waals surface area contributed by atoms with Crippen molar-refractivity contribution in [2.24, 2.45) is 0 Å². The van der Waals surface area contributed by atoms with E-state index in [0.717, 1.165) is 25.4 Å². The summed E-state index contributed by atoms with van der Waals surface area (Å²) in [4.78, 5) is 2.46. The van der Waals surface area contributed by atoms with Crippen molar-refractivity contribution in [1.82, 2.24) is 4.90 Å². The Bertz CT molecular complexity index is 395. The summed E-state index contributed by atoms with van der Waals surface area (Å²) in [6.45, 7) is 9.38. The Kier molecular flexibility index (Phi) is 4.25. The number of hydrogen-bond acceptors (Lipinski definition) is 3.